The summed E-state index contributed by atoms with van der Waals surface area (Å²) in [6.45, 7) is 6.54. The lowest BCUT2D eigenvalue weighted by molar-refractivity contribution is -0.122. The number of rotatable bonds is 8. The second-order valence-electron chi connectivity index (χ2n) is 6.25. The van der Waals surface area contributed by atoms with Crippen molar-refractivity contribution in [1.29, 1.82) is 0 Å². The minimum atomic E-state index is -2.83. The summed E-state index contributed by atoms with van der Waals surface area (Å²) in [4.78, 5) is 18.2. The molecular weight excluding hydrogens is 457 g/mol. The number of nitrogens with zero attached hydrogens (tertiary/aromatic N) is 2. The average Bonchev–Trinajstić information content (AvgIpc) is 3.37. The van der Waals surface area contributed by atoms with Gasteiger partial charge in [-0.2, -0.15) is 0 Å². The minimum Gasteiger partial charge on any atom is -0.357 e. The number of carbonyl (C=O) groups excluding carboxylic acids is 1. The first-order valence-electron chi connectivity index (χ1n) is 8.73. The van der Waals surface area contributed by atoms with Crippen LogP contribution in [-0.2, 0) is 14.6 Å². The largest absolute Gasteiger partial charge is 0.357 e. The molecule has 0 aromatic carbocycles. The van der Waals surface area contributed by atoms with Crippen LogP contribution >= 0.6 is 24.0 Å². The Morgan fingerprint density at radius 3 is 2.36 bits per heavy atom. The number of hydrogen-bond donors (Lipinski definition) is 3. The van der Waals surface area contributed by atoms with E-state index in [1.807, 2.05) is 6.92 Å². The van der Waals surface area contributed by atoms with Crippen LogP contribution in [0.3, 0.4) is 0 Å². The molecule has 146 valence electrons. The first kappa shape index (κ1) is 22.4. The van der Waals surface area contributed by atoms with Crippen LogP contribution < -0.4 is 16.0 Å². The predicted octanol–water partition coefficient (Wildman–Crippen LogP) is -0.584. The summed E-state index contributed by atoms with van der Waals surface area (Å²) in [5, 5.41) is 9.27. The van der Waals surface area contributed by atoms with Crippen molar-refractivity contribution in [2.75, 3.05) is 57.3 Å². The number of aliphatic imine (C=N–C) groups is 1. The maximum Gasteiger partial charge on any atom is 0.223 e. The normalized spacial score (nSPS) is 20.4. The molecule has 0 aromatic rings. The highest BCUT2D eigenvalue weighted by Gasteiger charge is 2.28. The summed E-state index contributed by atoms with van der Waals surface area (Å²) in [6.07, 6.45) is 2.03. The Kier molecular flexibility index (Phi) is 10.0. The first-order chi connectivity index (χ1) is 11.5. The van der Waals surface area contributed by atoms with Gasteiger partial charge in [0.25, 0.3) is 0 Å². The van der Waals surface area contributed by atoms with Gasteiger partial charge in [-0.3, -0.25) is 14.7 Å². The Morgan fingerprint density at radius 2 is 1.76 bits per heavy atom. The van der Waals surface area contributed by atoms with Gasteiger partial charge in [0.05, 0.1) is 18.1 Å². The standard InChI is InChI=1S/C15H29N5O3S.HI/c1-2-16-15(18-6-5-17-14(21)13-3-4-13)19-7-8-20-9-11-24(22,23)12-10-20;/h13H,2-12H2,1H3,(H,17,21)(H2,16,18,19);1H. The summed E-state index contributed by atoms with van der Waals surface area (Å²) in [6, 6.07) is 0. The van der Waals surface area contributed by atoms with Gasteiger partial charge in [0.15, 0.2) is 15.8 Å². The first-order valence-corrected chi connectivity index (χ1v) is 10.5. The second kappa shape index (κ2) is 11.2. The molecule has 1 saturated carbocycles. The van der Waals surface area contributed by atoms with Crippen molar-refractivity contribution in [1.82, 2.24) is 20.9 Å². The fraction of sp³-hybridized carbons (Fsp3) is 0.867. The quantitative estimate of drug-likeness (QED) is 0.183. The van der Waals surface area contributed by atoms with Gasteiger partial charge in [-0.1, -0.05) is 0 Å². The predicted molar refractivity (Wildman–Crippen MR) is 110 cm³/mol. The molecule has 2 rings (SSSR count). The van der Waals surface area contributed by atoms with Gasteiger partial charge in [0.1, 0.15) is 0 Å². The third-order valence-corrected chi connectivity index (χ3v) is 5.74. The van der Waals surface area contributed by atoms with E-state index in [9.17, 15) is 13.2 Å². The van der Waals surface area contributed by atoms with Gasteiger partial charge in [-0.05, 0) is 19.8 Å². The van der Waals surface area contributed by atoms with E-state index >= 15 is 0 Å². The van der Waals surface area contributed by atoms with Crippen LogP contribution in [0, 0.1) is 5.92 Å². The minimum absolute atomic E-state index is 0. The van der Waals surface area contributed by atoms with Gasteiger partial charge >= 0.3 is 0 Å². The number of nitrogens with one attached hydrogen (secondary N) is 3. The average molecular weight is 487 g/mol. The van der Waals surface area contributed by atoms with Crippen LogP contribution in [0.15, 0.2) is 4.99 Å². The molecule has 0 atom stereocenters. The Morgan fingerprint density at radius 1 is 1.12 bits per heavy atom. The smallest absolute Gasteiger partial charge is 0.223 e. The van der Waals surface area contributed by atoms with E-state index < -0.39 is 9.84 Å². The highest BCUT2D eigenvalue weighted by Crippen LogP contribution is 2.28. The van der Waals surface area contributed by atoms with Crippen LogP contribution in [-0.4, -0.2) is 82.5 Å². The van der Waals surface area contributed by atoms with E-state index in [4.69, 9.17) is 0 Å². The van der Waals surface area contributed by atoms with E-state index in [1.165, 1.54) is 0 Å². The number of guanidine groups is 1. The van der Waals surface area contributed by atoms with Gasteiger partial charge in [-0.15, -0.1) is 24.0 Å². The van der Waals surface area contributed by atoms with Crippen molar-refractivity contribution in [3.8, 4) is 0 Å². The lowest BCUT2D eigenvalue weighted by Crippen LogP contribution is -2.43. The fourth-order valence-corrected chi connectivity index (χ4v) is 3.75. The molecule has 10 heteroatoms. The van der Waals surface area contributed by atoms with Crippen LogP contribution in [0.25, 0.3) is 0 Å². The van der Waals surface area contributed by atoms with E-state index in [0.29, 0.717) is 32.7 Å². The number of sulfone groups is 1. The summed E-state index contributed by atoms with van der Waals surface area (Å²) in [5.41, 5.74) is 0. The fourth-order valence-electron chi connectivity index (χ4n) is 2.48. The maximum absolute atomic E-state index is 11.5. The van der Waals surface area contributed by atoms with E-state index in [0.717, 1.165) is 31.9 Å². The highest BCUT2D eigenvalue weighted by atomic mass is 127. The van der Waals surface area contributed by atoms with Crippen LogP contribution in [0.5, 0.6) is 0 Å². The summed E-state index contributed by atoms with van der Waals surface area (Å²) in [7, 11) is -2.83. The topological polar surface area (TPSA) is 103 Å². The molecule has 1 amide bonds. The Hall–Kier alpha value is -0.620. The molecule has 0 aromatic heterocycles. The van der Waals surface area contributed by atoms with Gasteiger partial charge < -0.3 is 16.0 Å². The summed E-state index contributed by atoms with van der Waals surface area (Å²) >= 11 is 0. The molecule has 8 nitrogen and oxygen atoms in total. The SMILES string of the molecule is CCNC(=NCCN1CCS(=O)(=O)CC1)NCCNC(=O)C1CC1.I. The molecule has 0 bridgehead atoms. The van der Waals surface area contributed by atoms with Crippen molar-refractivity contribution in [3.05, 3.63) is 0 Å². The van der Waals surface area contributed by atoms with Crippen molar-refractivity contribution >= 4 is 45.7 Å². The zero-order valence-corrected chi connectivity index (χ0v) is 17.9. The monoisotopic (exact) mass is 487 g/mol. The van der Waals surface area contributed by atoms with Gasteiger partial charge in [0, 0.05) is 45.2 Å². The molecule has 2 fully saturated rings. The number of halogens is 1. The van der Waals surface area contributed by atoms with Gasteiger partial charge in [-0.25, -0.2) is 8.42 Å². The third kappa shape index (κ3) is 9.04. The molecule has 0 unspecified atom stereocenters. The molecule has 1 heterocycles. The summed E-state index contributed by atoms with van der Waals surface area (Å²) in [5.74, 6) is 1.60. The van der Waals surface area contributed by atoms with Crippen molar-refractivity contribution in [3.63, 3.8) is 0 Å². The lowest BCUT2D eigenvalue weighted by Gasteiger charge is -2.25. The third-order valence-electron chi connectivity index (χ3n) is 4.13. The highest BCUT2D eigenvalue weighted by molar-refractivity contribution is 14.0. The second-order valence-corrected chi connectivity index (χ2v) is 8.55. The number of hydrogen-bond acceptors (Lipinski definition) is 5. The molecule has 0 spiro atoms. The number of carbonyl (C=O) groups is 1. The lowest BCUT2D eigenvalue weighted by atomic mass is 10.4. The van der Waals surface area contributed by atoms with E-state index in [-0.39, 0.29) is 47.3 Å². The molecule has 3 N–H and O–H groups in total. The van der Waals surface area contributed by atoms with Gasteiger partial charge in [0.2, 0.25) is 5.91 Å². The molecule has 1 aliphatic heterocycles. The van der Waals surface area contributed by atoms with Crippen LogP contribution in [0.1, 0.15) is 19.8 Å². The Balaban J connectivity index is 0.00000312. The molecule has 25 heavy (non-hydrogen) atoms. The van der Waals surface area contributed by atoms with Crippen molar-refractivity contribution in [2.24, 2.45) is 10.9 Å². The van der Waals surface area contributed by atoms with Crippen LogP contribution in [0.2, 0.25) is 0 Å². The molecule has 0 radical (unpaired) electrons. The zero-order valence-electron chi connectivity index (χ0n) is 14.8. The zero-order chi connectivity index (χ0) is 17.4. The molecule has 1 aliphatic carbocycles. The van der Waals surface area contributed by atoms with Crippen molar-refractivity contribution < 1.29 is 13.2 Å². The number of amides is 1. The van der Waals surface area contributed by atoms with Crippen LogP contribution in [0.4, 0.5) is 0 Å². The van der Waals surface area contributed by atoms with Crippen molar-refractivity contribution in [2.45, 2.75) is 19.8 Å². The van der Waals surface area contributed by atoms with E-state index in [2.05, 4.69) is 25.8 Å². The maximum atomic E-state index is 11.5. The Bertz CT molecular complexity index is 537. The Labute approximate surface area is 167 Å². The summed E-state index contributed by atoms with van der Waals surface area (Å²) < 4.78 is 22.8. The molecule has 1 saturated heterocycles. The molecular formula is C15H30IN5O3S. The molecule has 2 aliphatic rings. The van der Waals surface area contributed by atoms with E-state index in [1.54, 1.807) is 0 Å².